The van der Waals surface area contributed by atoms with Crippen LogP contribution in [-0.2, 0) is 0 Å². The number of rotatable bonds is 2. The number of fused-ring (bicyclic) bond motifs is 1. The van der Waals surface area contributed by atoms with Crippen LogP contribution < -0.4 is 5.56 Å². The fourth-order valence-electron chi connectivity index (χ4n) is 3.34. The van der Waals surface area contributed by atoms with Gasteiger partial charge in [-0.05, 0) is 25.2 Å². The lowest BCUT2D eigenvalue weighted by Crippen LogP contribution is -2.24. The topological polar surface area (TPSA) is 74.4 Å². The highest BCUT2D eigenvalue weighted by Gasteiger charge is 2.39. The Hall–Kier alpha value is -2.00. The highest BCUT2D eigenvalue weighted by Crippen LogP contribution is 2.37. The van der Waals surface area contributed by atoms with Crippen molar-refractivity contribution in [2.45, 2.75) is 43.4 Å². The summed E-state index contributed by atoms with van der Waals surface area (Å²) in [5.74, 6) is -0.999. The van der Waals surface area contributed by atoms with Crippen molar-refractivity contribution in [3.63, 3.8) is 0 Å². The number of nitrogens with one attached hydrogen (secondary N) is 2. The molecule has 5 nitrogen and oxygen atoms in total. The van der Waals surface area contributed by atoms with Gasteiger partial charge in [0.2, 0.25) is 0 Å². The average Bonchev–Trinajstić information content (AvgIpc) is 3.14. The first kappa shape index (κ1) is 21.7. The number of aromatic nitrogens is 4. The summed E-state index contributed by atoms with van der Waals surface area (Å²) in [6.07, 6.45) is 4.52. The molecule has 3 heterocycles. The van der Waals surface area contributed by atoms with Gasteiger partial charge in [0.1, 0.15) is 5.15 Å². The number of thioether (sulfide) groups is 1. The summed E-state index contributed by atoms with van der Waals surface area (Å²) in [7, 11) is 0. The molecule has 156 valence electrons. The fraction of sp³-hybridized carbons (Fsp3) is 0.421. The van der Waals surface area contributed by atoms with E-state index >= 15 is 0 Å². The second-order valence-electron chi connectivity index (χ2n) is 6.74. The Bertz CT molecular complexity index is 1030. The fourth-order valence-corrected chi connectivity index (χ4v) is 3.99. The van der Waals surface area contributed by atoms with Crippen LogP contribution in [-0.4, -0.2) is 32.4 Å². The largest absolute Gasteiger partial charge is 0.391 e. The molecular weight excluding hydrogens is 425 g/mol. The Balaban J connectivity index is 0.000000204. The molecule has 1 saturated carbocycles. The highest BCUT2D eigenvalue weighted by molar-refractivity contribution is 7.98. The van der Waals surface area contributed by atoms with E-state index in [0.717, 1.165) is 35.7 Å². The van der Waals surface area contributed by atoms with Crippen molar-refractivity contribution in [3.05, 3.63) is 40.0 Å². The second-order valence-corrected chi connectivity index (χ2v) is 7.90. The van der Waals surface area contributed by atoms with Gasteiger partial charge in [-0.3, -0.25) is 4.79 Å². The Morgan fingerprint density at radius 2 is 1.97 bits per heavy atom. The van der Waals surface area contributed by atoms with Crippen LogP contribution in [0.3, 0.4) is 0 Å². The maximum Gasteiger partial charge on any atom is 0.391 e. The van der Waals surface area contributed by atoms with Crippen molar-refractivity contribution in [1.82, 2.24) is 19.9 Å². The van der Waals surface area contributed by atoms with E-state index in [1.54, 1.807) is 12.4 Å². The smallest absolute Gasteiger partial charge is 0.360 e. The molecule has 3 aromatic rings. The lowest BCUT2D eigenvalue weighted by atomic mass is 9.89. The van der Waals surface area contributed by atoms with Crippen LogP contribution in [0.4, 0.5) is 13.2 Å². The van der Waals surface area contributed by atoms with Crippen molar-refractivity contribution >= 4 is 34.3 Å². The molecule has 4 rings (SSSR count). The van der Waals surface area contributed by atoms with Gasteiger partial charge in [-0.2, -0.15) is 13.2 Å². The predicted molar refractivity (Wildman–Crippen MR) is 109 cm³/mol. The monoisotopic (exact) mass is 444 g/mol. The van der Waals surface area contributed by atoms with E-state index in [2.05, 4.69) is 19.9 Å². The maximum absolute atomic E-state index is 11.9. The number of nitrogens with zero attached hydrogens (tertiary/aromatic N) is 2. The first-order chi connectivity index (χ1) is 13.8. The summed E-state index contributed by atoms with van der Waals surface area (Å²) in [6.45, 7) is 0. The molecule has 0 amide bonds. The summed E-state index contributed by atoms with van der Waals surface area (Å²) in [6, 6.07) is 3.28. The SMILES string of the molecule is CSc1nc(-c2c[nH]c3ccnc(Cl)c23)cc(=O)[nH]1.FC(F)(F)C1CCCCC1. The summed E-state index contributed by atoms with van der Waals surface area (Å²) >= 11 is 7.50. The van der Waals surface area contributed by atoms with E-state index in [1.807, 2.05) is 12.3 Å². The Morgan fingerprint density at radius 3 is 2.59 bits per heavy atom. The van der Waals surface area contributed by atoms with E-state index in [9.17, 15) is 18.0 Å². The quantitative estimate of drug-likeness (QED) is 0.297. The average molecular weight is 445 g/mol. The van der Waals surface area contributed by atoms with Gasteiger partial charge in [0.05, 0.1) is 17.1 Å². The van der Waals surface area contributed by atoms with Crippen LogP contribution in [0, 0.1) is 5.92 Å². The molecule has 3 aromatic heterocycles. The van der Waals surface area contributed by atoms with Gasteiger partial charge in [-0.1, -0.05) is 42.6 Å². The third-order valence-electron chi connectivity index (χ3n) is 4.80. The molecule has 10 heteroatoms. The molecule has 0 saturated heterocycles. The van der Waals surface area contributed by atoms with Gasteiger partial charge in [-0.25, -0.2) is 9.97 Å². The van der Waals surface area contributed by atoms with Crippen molar-refractivity contribution in [2.24, 2.45) is 5.92 Å². The molecule has 0 bridgehead atoms. The molecule has 0 radical (unpaired) electrons. The molecule has 2 N–H and O–H groups in total. The van der Waals surface area contributed by atoms with Gasteiger partial charge in [0.25, 0.3) is 5.56 Å². The van der Waals surface area contributed by atoms with Crippen LogP contribution in [0.5, 0.6) is 0 Å². The number of hydrogen-bond donors (Lipinski definition) is 2. The van der Waals surface area contributed by atoms with Gasteiger partial charge < -0.3 is 9.97 Å². The van der Waals surface area contributed by atoms with Crippen LogP contribution in [0.25, 0.3) is 22.2 Å². The Kier molecular flexibility index (Phi) is 6.89. The molecule has 0 atom stereocenters. The minimum atomic E-state index is -3.93. The van der Waals surface area contributed by atoms with E-state index < -0.39 is 12.1 Å². The third-order valence-corrected chi connectivity index (χ3v) is 5.67. The predicted octanol–water partition coefficient (Wildman–Crippen LogP) is 5.82. The highest BCUT2D eigenvalue weighted by atomic mass is 35.5. The van der Waals surface area contributed by atoms with E-state index in [4.69, 9.17) is 11.6 Å². The minimum absolute atomic E-state index is 0.191. The molecule has 0 aliphatic heterocycles. The first-order valence-electron chi connectivity index (χ1n) is 9.13. The van der Waals surface area contributed by atoms with Crippen molar-refractivity contribution in [2.75, 3.05) is 6.26 Å². The van der Waals surface area contributed by atoms with Gasteiger partial charge in [0, 0.05) is 29.4 Å². The van der Waals surface area contributed by atoms with Crippen LogP contribution >= 0.6 is 23.4 Å². The summed E-state index contributed by atoms with van der Waals surface area (Å²) < 4.78 is 35.8. The number of halogens is 4. The zero-order valence-corrected chi connectivity index (χ0v) is 17.2. The molecule has 0 unspecified atom stereocenters. The maximum atomic E-state index is 11.9. The molecule has 29 heavy (non-hydrogen) atoms. The zero-order chi connectivity index (χ0) is 21.0. The van der Waals surface area contributed by atoms with Gasteiger partial charge in [-0.15, -0.1) is 0 Å². The van der Waals surface area contributed by atoms with E-state index in [-0.39, 0.29) is 5.56 Å². The minimum Gasteiger partial charge on any atom is -0.360 e. The zero-order valence-electron chi connectivity index (χ0n) is 15.6. The first-order valence-corrected chi connectivity index (χ1v) is 10.7. The molecule has 0 aromatic carbocycles. The number of alkyl halides is 3. The molecule has 1 aliphatic rings. The molecule has 0 spiro atoms. The van der Waals surface area contributed by atoms with E-state index in [0.29, 0.717) is 28.8 Å². The third kappa shape index (κ3) is 5.33. The molecular formula is C19H20ClF3N4OS. The number of pyridine rings is 1. The lowest BCUT2D eigenvalue weighted by molar-refractivity contribution is -0.181. The van der Waals surface area contributed by atoms with Gasteiger partial charge in [0.15, 0.2) is 5.16 Å². The summed E-state index contributed by atoms with van der Waals surface area (Å²) in [4.78, 5) is 25.8. The standard InChI is InChI=1S/C12H9ClN4OS.C7H11F3/c1-19-12-16-8(4-9(18)17-12)6-5-15-7-2-3-14-11(13)10(6)7;8-7(9,10)6-4-2-1-3-5-6/h2-5,15H,1H3,(H,16,17,18);6H,1-5H2. The Morgan fingerprint density at radius 1 is 1.24 bits per heavy atom. The number of hydrogen-bond acceptors (Lipinski definition) is 4. The molecule has 1 fully saturated rings. The van der Waals surface area contributed by atoms with Crippen LogP contribution in [0.1, 0.15) is 32.1 Å². The Labute approximate surface area is 174 Å². The summed E-state index contributed by atoms with van der Waals surface area (Å²) in [5.41, 5.74) is 2.02. The van der Waals surface area contributed by atoms with Crippen LogP contribution in [0.2, 0.25) is 5.15 Å². The van der Waals surface area contributed by atoms with E-state index in [1.165, 1.54) is 17.8 Å². The van der Waals surface area contributed by atoms with Crippen LogP contribution in [0.15, 0.2) is 34.5 Å². The lowest BCUT2D eigenvalue weighted by Gasteiger charge is -2.23. The molecule has 1 aliphatic carbocycles. The normalized spacial score (nSPS) is 15.2. The number of aromatic amines is 2. The van der Waals surface area contributed by atoms with Crippen molar-refractivity contribution < 1.29 is 13.2 Å². The second kappa shape index (κ2) is 9.21. The van der Waals surface area contributed by atoms with Crippen molar-refractivity contribution in [1.29, 1.82) is 0 Å². The van der Waals surface area contributed by atoms with Crippen molar-refractivity contribution in [3.8, 4) is 11.3 Å². The number of H-pyrrole nitrogens is 2. The van der Waals surface area contributed by atoms with Gasteiger partial charge >= 0.3 is 6.18 Å². The summed E-state index contributed by atoms with van der Waals surface area (Å²) in [5, 5.41) is 1.73.